The number of carbonyl (C=O) groups is 1. The van der Waals surface area contributed by atoms with Crippen LogP contribution in [0, 0.1) is 11.8 Å². The van der Waals surface area contributed by atoms with Gasteiger partial charge in [0, 0.05) is 11.0 Å². The van der Waals surface area contributed by atoms with Gasteiger partial charge in [-0.1, -0.05) is 13.3 Å². The molecule has 1 amide bonds. The van der Waals surface area contributed by atoms with Crippen LogP contribution in [-0.2, 0) is 6.18 Å². The van der Waals surface area contributed by atoms with E-state index in [1.807, 2.05) is 0 Å². The number of halogens is 4. The summed E-state index contributed by atoms with van der Waals surface area (Å²) < 4.78 is 38.4. The van der Waals surface area contributed by atoms with Crippen LogP contribution >= 0.6 is 15.9 Å². The fourth-order valence-electron chi connectivity index (χ4n) is 2.72. The monoisotopic (exact) mass is 363 g/mol. The zero-order chi connectivity index (χ0) is 15.6. The van der Waals surface area contributed by atoms with E-state index in [1.165, 1.54) is 6.07 Å². The minimum Gasteiger partial charge on any atom is -0.352 e. The molecular formula is C15H17BrF3NO. The molecule has 0 saturated heterocycles. The molecular weight excluding hydrogens is 347 g/mol. The molecule has 116 valence electrons. The highest BCUT2D eigenvalue weighted by molar-refractivity contribution is 9.10. The van der Waals surface area contributed by atoms with E-state index < -0.39 is 17.6 Å². The normalized spacial score (nSPS) is 22.3. The Labute approximate surface area is 130 Å². The number of nitrogens with one attached hydrogen (secondary N) is 1. The molecule has 0 heterocycles. The zero-order valence-electron chi connectivity index (χ0n) is 11.6. The minimum atomic E-state index is -4.45. The van der Waals surface area contributed by atoms with Crippen LogP contribution in [0.4, 0.5) is 13.2 Å². The second-order valence-electron chi connectivity index (χ2n) is 5.69. The van der Waals surface area contributed by atoms with Crippen molar-refractivity contribution in [2.24, 2.45) is 11.8 Å². The Morgan fingerprint density at radius 3 is 2.67 bits per heavy atom. The minimum absolute atomic E-state index is 0.0240. The van der Waals surface area contributed by atoms with Gasteiger partial charge in [-0.05, 0) is 58.8 Å². The first-order chi connectivity index (χ1) is 9.77. The molecule has 0 aromatic heterocycles. The average Bonchev–Trinajstić information content (AvgIpc) is 2.81. The quantitative estimate of drug-likeness (QED) is 0.832. The van der Waals surface area contributed by atoms with E-state index in [4.69, 9.17) is 0 Å². The first kappa shape index (κ1) is 16.3. The van der Waals surface area contributed by atoms with Gasteiger partial charge >= 0.3 is 6.18 Å². The van der Waals surface area contributed by atoms with Gasteiger partial charge < -0.3 is 5.32 Å². The summed E-state index contributed by atoms with van der Waals surface area (Å²) in [6.07, 6.45) is -1.18. The summed E-state index contributed by atoms with van der Waals surface area (Å²) in [6, 6.07) is 3.10. The number of rotatable bonds is 3. The molecule has 1 fully saturated rings. The van der Waals surface area contributed by atoms with Crippen molar-refractivity contribution in [2.45, 2.75) is 32.4 Å². The maximum atomic E-state index is 12.7. The predicted octanol–water partition coefficient (Wildman–Crippen LogP) is 4.63. The van der Waals surface area contributed by atoms with Crippen LogP contribution in [0.1, 0.15) is 42.1 Å². The molecule has 6 heteroatoms. The van der Waals surface area contributed by atoms with Crippen LogP contribution < -0.4 is 5.32 Å². The summed E-state index contributed by atoms with van der Waals surface area (Å²) in [6.45, 7) is 2.69. The third kappa shape index (κ3) is 4.22. The zero-order valence-corrected chi connectivity index (χ0v) is 13.2. The van der Waals surface area contributed by atoms with Gasteiger partial charge in [0.15, 0.2) is 0 Å². The largest absolute Gasteiger partial charge is 0.416 e. The summed E-state index contributed by atoms with van der Waals surface area (Å²) in [4.78, 5) is 12.1. The molecule has 0 bridgehead atoms. The summed E-state index contributed by atoms with van der Waals surface area (Å²) >= 11 is 3.13. The van der Waals surface area contributed by atoms with Crippen LogP contribution in [0.25, 0.3) is 0 Å². The Kier molecular flexibility index (Phi) is 4.96. The predicted molar refractivity (Wildman–Crippen MR) is 78.0 cm³/mol. The Balaban J connectivity index is 2.04. The number of benzene rings is 1. The van der Waals surface area contributed by atoms with Crippen LogP contribution in [0.3, 0.4) is 0 Å². The average molecular weight is 364 g/mol. The van der Waals surface area contributed by atoms with Crippen LogP contribution in [-0.4, -0.2) is 12.5 Å². The van der Waals surface area contributed by atoms with Crippen LogP contribution in [0.2, 0.25) is 0 Å². The topological polar surface area (TPSA) is 29.1 Å². The molecule has 2 rings (SSSR count). The number of hydrogen-bond donors (Lipinski definition) is 1. The van der Waals surface area contributed by atoms with Crippen molar-refractivity contribution in [1.82, 2.24) is 5.32 Å². The van der Waals surface area contributed by atoms with Crippen molar-refractivity contribution >= 4 is 21.8 Å². The van der Waals surface area contributed by atoms with E-state index in [9.17, 15) is 18.0 Å². The van der Waals surface area contributed by atoms with Gasteiger partial charge in [0.2, 0.25) is 0 Å². The molecule has 1 aliphatic rings. The number of hydrogen-bond acceptors (Lipinski definition) is 1. The molecule has 1 saturated carbocycles. The highest BCUT2D eigenvalue weighted by Gasteiger charge is 2.31. The SMILES string of the molecule is CC1CCC(CNC(=O)c2cc(C(F)(F)F)ccc2Br)C1. The van der Waals surface area contributed by atoms with E-state index in [-0.39, 0.29) is 5.56 Å². The Hall–Kier alpha value is -1.04. The van der Waals surface area contributed by atoms with Crippen LogP contribution in [0.5, 0.6) is 0 Å². The lowest BCUT2D eigenvalue weighted by Crippen LogP contribution is -2.29. The van der Waals surface area contributed by atoms with E-state index in [0.717, 1.165) is 31.4 Å². The van der Waals surface area contributed by atoms with Gasteiger partial charge in [0.1, 0.15) is 0 Å². The first-order valence-electron chi connectivity index (χ1n) is 6.92. The van der Waals surface area contributed by atoms with E-state index in [0.29, 0.717) is 22.9 Å². The van der Waals surface area contributed by atoms with Gasteiger partial charge in [-0.3, -0.25) is 4.79 Å². The van der Waals surface area contributed by atoms with Gasteiger partial charge in [-0.2, -0.15) is 13.2 Å². The molecule has 2 nitrogen and oxygen atoms in total. The Morgan fingerprint density at radius 2 is 2.10 bits per heavy atom. The highest BCUT2D eigenvalue weighted by atomic mass is 79.9. The maximum absolute atomic E-state index is 12.7. The molecule has 2 unspecified atom stereocenters. The number of carbonyl (C=O) groups excluding carboxylic acids is 1. The van der Waals surface area contributed by atoms with Crippen molar-refractivity contribution in [2.75, 3.05) is 6.54 Å². The molecule has 0 spiro atoms. The summed E-state index contributed by atoms with van der Waals surface area (Å²) in [5.41, 5.74) is -0.791. The third-order valence-corrected chi connectivity index (χ3v) is 4.58. The number of alkyl halides is 3. The van der Waals surface area contributed by atoms with Crippen molar-refractivity contribution < 1.29 is 18.0 Å². The molecule has 0 radical (unpaired) electrons. The fraction of sp³-hybridized carbons (Fsp3) is 0.533. The molecule has 0 aliphatic heterocycles. The molecule has 1 aromatic rings. The smallest absolute Gasteiger partial charge is 0.352 e. The summed E-state index contributed by atoms with van der Waals surface area (Å²) in [7, 11) is 0. The maximum Gasteiger partial charge on any atom is 0.416 e. The fourth-order valence-corrected chi connectivity index (χ4v) is 3.14. The summed E-state index contributed by atoms with van der Waals surface area (Å²) in [5, 5.41) is 2.74. The van der Waals surface area contributed by atoms with Crippen molar-refractivity contribution in [3.8, 4) is 0 Å². The van der Waals surface area contributed by atoms with E-state index >= 15 is 0 Å². The van der Waals surface area contributed by atoms with Crippen molar-refractivity contribution in [3.63, 3.8) is 0 Å². The van der Waals surface area contributed by atoms with Crippen molar-refractivity contribution in [1.29, 1.82) is 0 Å². The van der Waals surface area contributed by atoms with E-state index in [1.54, 1.807) is 0 Å². The Morgan fingerprint density at radius 1 is 1.38 bits per heavy atom. The molecule has 2 atom stereocenters. The second kappa shape index (κ2) is 6.38. The lowest BCUT2D eigenvalue weighted by molar-refractivity contribution is -0.137. The van der Waals surface area contributed by atoms with Crippen molar-refractivity contribution in [3.05, 3.63) is 33.8 Å². The van der Waals surface area contributed by atoms with E-state index in [2.05, 4.69) is 28.2 Å². The summed E-state index contributed by atoms with van der Waals surface area (Å²) in [5.74, 6) is 0.619. The molecule has 1 N–H and O–H groups in total. The lowest BCUT2D eigenvalue weighted by Gasteiger charge is -2.13. The van der Waals surface area contributed by atoms with Gasteiger partial charge in [0.25, 0.3) is 5.91 Å². The second-order valence-corrected chi connectivity index (χ2v) is 6.54. The molecule has 1 aromatic carbocycles. The van der Waals surface area contributed by atoms with Crippen LogP contribution in [0.15, 0.2) is 22.7 Å². The molecule has 21 heavy (non-hydrogen) atoms. The standard InChI is InChI=1S/C15H17BrF3NO/c1-9-2-3-10(6-9)8-20-14(21)12-7-11(15(17,18)19)4-5-13(12)16/h4-5,7,9-10H,2-3,6,8H2,1H3,(H,20,21). The first-order valence-corrected chi connectivity index (χ1v) is 7.71. The Bertz CT molecular complexity index is 530. The molecule has 1 aliphatic carbocycles. The lowest BCUT2D eigenvalue weighted by atomic mass is 10.1. The van der Waals surface area contributed by atoms with Gasteiger partial charge in [-0.25, -0.2) is 0 Å². The van der Waals surface area contributed by atoms with Gasteiger partial charge in [0.05, 0.1) is 11.1 Å². The third-order valence-electron chi connectivity index (χ3n) is 3.89. The van der Waals surface area contributed by atoms with Gasteiger partial charge in [-0.15, -0.1) is 0 Å². The highest BCUT2D eigenvalue weighted by Crippen LogP contribution is 2.32. The number of amides is 1.